The van der Waals surface area contributed by atoms with Gasteiger partial charge in [0, 0.05) is 7.11 Å². The van der Waals surface area contributed by atoms with Crippen LogP contribution in [0.3, 0.4) is 0 Å². The summed E-state index contributed by atoms with van der Waals surface area (Å²) in [4.78, 5) is 0.586. The molecule has 0 saturated heterocycles. The molecule has 0 radical (unpaired) electrons. The van der Waals surface area contributed by atoms with Crippen molar-refractivity contribution in [3.63, 3.8) is 0 Å². The van der Waals surface area contributed by atoms with E-state index >= 15 is 0 Å². The first kappa shape index (κ1) is 11.2. The van der Waals surface area contributed by atoms with Crippen LogP contribution in [0, 0.1) is 0 Å². The smallest absolute Gasteiger partial charge is 0.191 e. The van der Waals surface area contributed by atoms with Crippen LogP contribution >= 0.6 is 0 Å². The first-order valence-corrected chi connectivity index (χ1v) is 5.03. The summed E-state index contributed by atoms with van der Waals surface area (Å²) >= 11 is -1.47. The summed E-state index contributed by atoms with van der Waals surface area (Å²) < 4.78 is 25.8. The highest BCUT2D eigenvalue weighted by Crippen LogP contribution is 2.14. The van der Waals surface area contributed by atoms with Gasteiger partial charge in [-0.05, 0) is 24.3 Å². The Balaban J connectivity index is 2.62. The van der Waals surface area contributed by atoms with E-state index in [9.17, 15) is 4.21 Å². The van der Waals surface area contributed by atoms with Crippen LogP contribution in [-0.4, -0.2) is 25.2 Å². The third-order valence-electron chi connectivity index (χ3n) is 1.52. The molecule has 0 N–H and O–H groups in total. The SMILES string of the molecule is COCOS(=O)c1ccc(OC)cc1. The minimum Gasteiger partial charge on any atom is -0.497 e. The van der Waals surface area contributed by atoms with Crippen molar-refractivity contribution in [1.29, 1.82) is 0 Å². The van der Waals surface area contributed by atoms with Crippen molar-refractivity contribution in [3.05, 3.63) is 24.3 Å². The maximum atomic E-state index is 11.4. The Kier molecular flexibility index (Phi) is 4.58. The van der Waals surface area contributed by atoms with E-state index in [0.717, 1.165) is 5.75 Å². The highest BCUT2D eigenvalue weighted by Gasteiger charge is 2.03. The summed E-state index contributed by atoms with van der Waals surface area (Å²) in [7, 11) is 3.05. The van der Waals surface area contributed by atoms with Crippen molar-refractivity contribution in [3.8, 4) is 5.75 Å². The molecule has 1 unspecified atom stereocenters. The first-order chi connectivity index (χ1) is 6.77. The van der Waals surface area contributed by atoms with E-state index in [-0.39, 0.29) is 6.79 Å². The fourth-order valence-electron chi connectivity index (χ4n) is 0.847. The minimum absolute atomic E-state index is 0.0125. The lowest BCUT2D eigenvalue weighted by Gasteiger charge is -2.03. The zero-order valence-corrected chi connectivity index (χ0v) is 8.87. The third-order valence-corrected chi connectivity index (χ3v) is 2.49. The Labute approximate surface area is 85.5 Å². The van der Waals surface area contributed by atoms with E-state index < -0.39 is 11.1 Å². The van der Waals surface area contributed by atoms with Gasteiger partial charge in [0.05, 0.1) is 12.0 Å². The molecule has 1 atom stereocenters. The van der Waals surface area contributed by atoms with Gasteiger partial charge in [-0.1, -0.05) is 0 Å². The van der Waals surface area contributed by atoms with Crippen LogP contribution in [0.1, 0.15) is 0 Å². The number of hydrogen-bond acceptors (Lipinski definition) is 4. The normalized spacial score (nSPS) is 12.4. The third kappa shape index (κ3) is 3.10. The van der Waals surface area contributed by atoms with Crippen LogP contribution in [0.25, 0.3) is 0 Å². The molecule has 1 rings (SSSR count). The number of ether oxygens (including phenoxy) is 2. The zero-order chi connectivity index (χ0) is 10.4. The Morgan fingerprint density at radius 2 is 1.86 bits per heavy atom. The van der Waals surface area contributed by atoms with E-state index in [0.29, 0.717) is 4.90 Å². The lowest BCUT2D eigenvalue weighted by molar-refractivity contribution is 0.0615. The van der Waals surface area contributed by atoms with Crippen molar-refractivity contribution in [2.75, 3.05) is 21.0 Å². The summed E-state index contributed by atoms with van der Waals surface area (Å²) in [5.41, 5.74) is 0. The Morgan fingerprint density at radius 3 is 2.36 bits per heavy atom. The fourth-order valence-corrected chi connectivity index (χ4v) is 1.52. The average Bonchev–Trinajstić information content (AvgIpc) is 2.26. The van der Waals surface area contributed by atoms with Gasteiger partial charge in [0.2, 0.25) is 0 Å². The summed E-state index contributed by atoms with van der Waals surface area (Å²) in [6.07, 6.45) is 0. The summed E-state index contributed by atoms with van der Waals surface area (Å²) in [6.45, 7) is 0.0125. The number of hydrogen-bond donors (Lipinski definition) is 0. The van der Waals surface area contributed by atoms with Crippen LogP contribution in [0.4, 0.5) is 0 Å². The quantitative estimate of drug-likeness (QED) is 0.697. The second-order valence-corrected chi connectivity index (χ2v) is 3.61. The molecule has 5 heteroatoms. The summed E-state index contributed by atoms with van der Waals surface area (Å²) in [6, 6.07) is 6.82. The van der Waals surface area contributed by atoms with Crippen LogP contribution < -0.4 is 4.74 Å². The lowest BCUT2D eigenvalue weighted by Crippen LogP contribution is -2.01. The number of benzene rings is 1. The molecule has 0 fully saturated rings. The molecule has 1 aromatic rings. The van der Waals surface area contributed by atoms with Gasteiger partial charge in [0.25, 0.3) is 0 Å². The molecule has 0 aromatic heterocycles. The molecule has 0 bridgehead atoms. The minimum atomic E-state index is -1.47. The monoisotopic (exact) mass is 216 g/mol. The number of methoxy groups -OCH3 is 2. The van der Waals surface area contributed by atoms with Crippen molar-refractivity contribution in [2.24, 2.45) is 0 Å². The van der Waals surface area contributed by atoms with Crippen molar-refractivity contribution < 1.29 is 17.9 Å². The second kappa shape index (κ2) is 5.74. The topological polar surface area (TPSA) is 44.8 Å². The van der Waals surface area contributed by atoms with Crippen molar-refractivity contribution in [2.45, 2.75) is 4.90 Å². The highest BCUT2D eigenvalue weighted by atomic mass is 32.2. The molecule has 1 aromatic carbocycles. The fraction of sp³-hybridized carbons (Fsp3) is 0.333. The molecule has 14 heavy (non-hydrogen) atoms. The summed E-state index contributed by atoms with van der Waals surface area (Å²) in [5, 5.41) is 0. The Bertz CT molecular complexity index is 296. The first-order valence-electron chi connectivity index (χ1n) is 3.96. The molecule has 0 saturated carbocycles. The molecule has 0 spiro atoms. The molecule has 0 heterocycles. The molecule has 0 aliphatic heterocycles. The second-order valence-electron chi connectivity index (χ2n) is 2.43. The van der Waals surface area contributed by atoms with Crippen LogP contribution in [-0.2, 0) is 20.0 Å². The van der Waals surface area contributed by atoms with E-state index in [2.05, 4.69) is 4.74 Å². The summed E-state index contributed by atoms with van der Waals surface area (Å²) in [5.74, 6) is 0.720. The molecular formula is C9H12O4S. The van der Waals surface area contributed by atoms with E-state index in [1.807, 2.05) is 0 Å². The standard InChI is InChI=1S/C9H12O4S/c1-11-7-13-14(10)9-5-3-8(12-2)4-6-9/h3-6H,7H2,1-2H3. The van der Waals surface area contributed by atoms with Crippen LogP contribution in [0.2, 0.25) is 0 Å². The molecule has 0 aliphatic carbocycles. The maximum Gasteiger partial charge on any atom is 0.191 e. The molecule has 78 valence electrons. The van der Waals surface area contributed by atoms with Gasteiger partial charge in [-0.25, -0.2) is 4.21 Å². The van der Waals surface area contributed by atoms with E-state index in [1.165, 1.54) is 7.11 Å². The zero-order valence-electron chi connectivity index (χ0n) is 8.06. The molecule has 4 nitrogen and oxygen atoms in total. The highest BCUT2D eigenvalue weighted by molar-refractivity contribution is 7.80. The molecule has 0 amide bonds. The Morgan fingerprint density at radius 1 is 1.21 bits per heavy atom. The number of rotatable bonds is 5. The molecular weight excluding hydrogens is 204 g/mol. The lowest BCUT2D eigenvalue weighted by atomic mass is 10.3. The van der Waals surface area contributed by atoms with Crippen molar-refractivity contribution >= 4 is 11.1 Å². The predicted octanol–water partition coefficient (Wildman–Crippen LogP) is 1.34. The van der Waals surface area contributed by atoms with Crippen LogP contribution in [0.5, 0.6) is 5.75 Å². The Hall–Kier alpha value is -0.910. The van der Waals surface area contributed by atoms with E-state index in [1.54, 1.807) is 31.4 Å². The van der Waals surface area contributed by atoms with Gasteiger partial charge in [0.15, 0.2) is 17.9 Å². The van der Waals surface area contributed by atoms with Gasteiger partial charge in [-0.3, -0.25) is 4.18 Å². The van der Waals surface area contributed by atoms with Crippen LogP contribution in [0.15, 0.2) is 29.2 Å². The van der Waals surface area contributed by atoms with E-state index in [4.69, 9.17) is 8.92 Å². The van der Waals surface area contributed by atoms with Gasteiger partial charge >= 0.3 is 0 Å². The van der Waals surface area contributed by atoms with Gasteiger partial charge < -0.3 is 9.47 Å². The average molecular weight is 216 g/mol. The van der Waals surface area contributed by atoms with Gasteiger partial charge in [-0.2, -0.15) is 0 Å². The van der Waals surface area contributed by atoms with Gasteiger partial charge in [0.1, 0.15) is 5.75 Å². The predicted molar refractivity (Wildman–Crippen MR) is 52.4 cm³/mol. The maximum absolute atomic E-state index is 11.4. The largest absolute Gasteiger partial charge is 0.497 e. The van der Waals surface area contributed by atoms with Crippen molar-refractivity contribution in [1.82, 2.24) is 0 Å². The van der Waals surface area contributed by atoms with Gasteiger partial charge in [-0.15, -0.1) is 0 Å². The molecule has 0 aliphatic rings.